The molecule has 5 aromatic rings. The summed E-state index contributed by atoms with van der Waals surface area (Å²) in [6, 6.07) is 8.40. The minimum atomic E-state index is -0.558. The van der Waals surface area contributed by atoms with Crippen LogP contribution in [0, 0.1) is 18.6 Å². The number of hydrogen-bond donors (Lipinski definition) is 1. The Morgan fingerprint density at radius 1 is 1.14 bits per heavy atom. The minimum Gasteiger partial charge on any atom is -0.463 e. The van der Waals surface area contributed by atoms with Crippen molar-refractivity contribution in [3.05, 3.63) is 83.4 Å². The Bertz CT molecular complexity index is 1540. The highest BCUT2D eigenvalue weighted by atomic mass is 19.1. The topological polar surface area (TPSA) is 90.8 Å². The van der Waals surface area contributed by atoms with Crippen LogP contribution in [0.3, 0.4) is 0 Å². The van der Waals surface area contributed by atoms with Crippen LogP contribution in [0.2, 0.25) is 0 Å². The van der Waals surface area contributed by atoms with Crippen molar-refractivity contribution in [1.82, 2.24) is 24.5 Å². The van der Waals surface area contributed by atoms with Crippen molar-refractivity contribution in [3.8, 4) is 11.5 Å². The molecule has 0 bridgehead atoms. The molecular weight excluding hydrogens is 454 g/mol. The van der Waals surface area contributed by atoms with Crippen molar-refractivity contribution in [2.45, 2.75) is 33.4 Å². The number of carbonyl (C=O) groups excluding carboxylic acids is 1. The lowest BCUT2D eigenvalue weighted by Crippen LogP contribution is -2.18. The molecule has 0 atom stereocenters. The molecule has 4 heterocycles. The van der Waals surface area contributed by atoms with Gasteiger partial charge in [-0.15, -0.1) is 0 Å². The van der Waals surface area contributed by atoms with E-state index in [2.05, 4.69) is 20.5 Å². The number of amides is 1. The molecule has 0 spiro atoms. The number of carbonyl (C=O) groups is 1. The first kappa shape index (κ1) is 22.5. The molecule has 8 nitrogen and oxygen atoms in total. The molecule has 0 aliphatic carbocycles. The fourth-order valence-corrected chi connectivity index (χ4v) is 3.90. The van der Waals surface area contributed by atoms with Crippen LogP contribution in [0.4, 0.5) is 14.6 Å². The van der Waals surface area contributed by atoms with Crippen molar-refractivity contribution in [2.75, 3.05) is 5.32 Å². The van der Waals surface area contributed by atoms with E-state index >= 15 is 0 Å². The normalized spacial score (nSPS) is 11.5. The maximum absolute atomic E-state index is 14.2. The summed E-state index contributed by atoms with van der Waals surface area (Å²) in [5, 5.41) is 12.1. The van der Waals surface area contributed by atoms with Gasteiger partial charge in [0.1, 0.15) is 23.1 Å². The van der Waals surface area contributed by atoms with E-state index in [1.54, 1.807) is 42.2 Å². The first-order valence-corrected chi connectivity index (χ1v) is 11.0. The number of nitrogens with zero attached hydrogens (tertiary/aromatic N) is 5. The van der Waals surface area contributed by atoms with Crippen LogP contribution in [0.25, 0.3) is 22.5 Å². The molecule has 4 aromatic heterocycles. The first-order chi connectivity index (χ1) is 16.8. The van der Waals surface area contributed by atoms with Crippen LogP contribution < -0.4 is 5.32 Å². The van der Waals surface area contributed by atoms with E-state index in [0.29, 0.717) is 39.4 Å². The van der Waals surface area contributed by atoms with Crippen molar-refractivity contribution in [3.63, 3.8) is 0 Å². The van der Waals surface area contributed by atoms with Gasteiger partial charge in [0.25, 0.3) is 5.91 Å². The van der Waals surface area contributed by atoms with E-state index in [1.165, 1.54) is 10.9 Å². The summed E-state index contributed by atoms with van der Waals surface area (Å²) >= 11 is 0. The highest BCUT2D eigenvalue weighted by Gasteiger charge is 2.21. The van der Waals surface area contributed by atoms with E-state index in [9.17, 15) is 13.6 Å². The summed E-state index contributed by atoms with van der Waals surface area (Å²) in [7, 11) is 0. The lowest BCUT2D eigenvalue weighted by atomic mass is 10.1. The molecule has 10 heteroatoms. The maximum atomic E-state index is 14.2. The molecular formula is C25H22F2N6O2. The van der Waals surface area contributed by atoms with Gasteiger partial charge in [0, 0.05) is 17.2 Å². The van der Waals surface area contributed by atoms with E-state index in [-0.39, 0.29) is 18.2 Å². The Balaban J connectivity index is 1.55. The summed E-state index contributed by atoms with van der Waals surface area (Å²) in [6.45, 7) is 5.66. The molecule has 178 valence electrons. The lowest BCUT2D eigenvalue weighted by molar-refractivity contribution is 0.102. The number of aryl methyl sites for hydroxylation is 1. The second kappa shape index (κ2) is 8.79. The number of anilines is 1. The third-order valence-corrected chi connectivity index (χ3v) is 5.66. The second-order valence-electron chi connectivity index (χ2n) is 8.48. The zero-order chi connectivity index (χ0) is 24.7. The molecule has 1 amide bonds. The third kappa shape index (κ3) is 4.18. The van der Waals surface area contributed by atoms with Crippen LogP contribution >= 0.6 is 0 Å². The Hall–Kier alpha value is -4.34. The van der Waals surface area contributed by atoms with Crippen molar-refractivity contribution < 1.29 is 18.0 Å². The molecule has 0 aliphatic heterocycles. The van der Waals surface area contributed by atoms with Gasteiger partial charge in [0.2, 0.25) is 0 Å². The van der Waals surface area contributed by atoms with Gasteiger partial charge in [-0.05, 0) is 57.2 Å². The largest absolute Gasteiger partial charge is 0.463 e. The number of pyridine rings is 1. The summed E-state index contributed by atoms with van der Waals surface area (Å²) in [5.74, 6) is -0.641. The zero-order valence-corrected chi connectivity index (χ0v) is 19.3. The van der Waals surface area contributed by atoms with Crippen LogP contribution in [-0.2, 0) is 6.54 Å². The Morgan fingerprint density at radius 3 is 2.71 bits per heavy atom. The van der Waals surface area contributed by atoms with E-state index in [0.717, 1.165) is 18.2 Å². The number of aromatic nitrogens is 5. The van der Waals surface area contributed by atoms with Gasteiger partial charge in [0.15, 0.2) is 11.4 Å². The smallest absolute Gasteiger partial charge is 0.257 e. The number of nitrogens with one attached hydrogen (secondary N) is 1. The van der Waals surface area contributed by atoms with Crippen LogP contribution in [0.5, 0.6) is 0 Å². The lowest BCUT2D eigenvalue weighted by Gasteiger charge is -2.13. The monoisotopic (exact) mass is 476 g/mol. The van der Waals surface area contributed by atoms with Crippen LogP contribution in [0.1, 0.15) is 41.4 Å². The zero-order valence-electron chi connectivity index (χ0n) is 19.3. The Kier molecular flexibility index (Phi) is 5.64. The first-order valence-electron chi connectivity index (χ1n) is 11.0. The standard InChI is InChI=1S/C25H22F2N6O2/c1-14(2)33-24-19(12-29-33)18(10-21(30-24)22-5-4-8-35-22)25(34)31-23-15(3)11-28-32(23)13-16-9-17(26)6-7-20(16)27/h4-12,14H,13H2,1-3H3,(H,31,34). The maximum Gasteiger partial charge on any atom is 0.257 e. The number of rotatable bonds is 6. The molecule has 35 heavy (non-hydrogen) atoms. The number of fused-ring (bicyclic) bond motifs is 1. The molecule has 0 unspecified atom stereocenters. The molecule has 0 fully saturated rings. The summed E-state index contributed by atoms with van der Waals surface area (Å²) in [6.07, 6.45) is 4.70. The number of furan rings is 1. The fourth-order valence-electron chi connectivity index (χ4n) is 3.90. The van der Waals surface area contributed by atoms with Gasteiger partial charge in [-0.2, -0.15) is 10.2 Å². The minimum absolute atomic E-state index is 0.0209. The van der Waals surface area contributed by atoms with Gasteiger partial charge in [0.05, 0.1) is 36.2 Å². The van der Waals surface area contributed by atoms with Gasteiger partial charge >= 0.3 is 0 Å². The number of halogens is 2. The predicted octanol–water partition coefficient (Wildman–Crippen LogP) is 5.36. The summed E-state index contributed by atoms with van der Waals surface area (Å²) in [5.41, 5.74) is 2.17. The summed E-state index contributed by atoms with van der Waals surface area (Å²) < 4.78 is 36.6. The molecule has 0 saturated carbocycles. The van der Waals surface area contributed by atoms with Crippen molar-refractivity contribution >= 4 is 22.8 Å². The molecule has 0 aliphatic rings. The van der Waals surface area contributed by atoms with Crippen molar-refractivity contribution in [2.24, 2.45) is 0 Å². The summed E-state index contributed by atoms with van der Waals surface area (Å²) in [4.78, 5) is 18.2. The van der Waals surface area contributed by atoms with Gasteiger partial charge < -0.3 is 9.73 Å². The van der Waals surface area contributed by atoms with Gasteiger partial charge in [-0.25, -0.2) is 23.1 Å². The van der Waals surface area contributed by atoms with E-state index in [1.807, 2.05) is 13.8 Å². The molecule has 1 N–H and O–H groups in total. The van der Waals surface area contributed by atoms with Gasteiger partial charge in [-0.3, -0.25) is 4.79 Å². The highest BCUT2D eigenvalue weighted by molar-refractivity contribution is 6.12. The Labute approximate surface area is 199 Å². The van der Waals surface area contributed by atoms with Crippen LogP contribution in [0.15, 0.2) is 59.5 Å². The SMILES string of the molecule is Cc1cnn(Cc2cc(F)ccc2F)c1NC(=O)c1cc(-c2ccco2)nc2c1cnn2C(C)C. The van der Waals surface area contributed by atoms with Gasteiger partial charge in [-0.1, -0.05) is 0 Å². The predicted molar refractivity (Wildman–Crippen MR) is 126 cm³/mol. The number of hydrogen-bond acceptors (Lipinski definition) is 5. The quantitative estimate of drug-likeness (QED) is 0.357. The van der Waals surface area contributed by atoms with E-state index < -0.39 is 17.5 Å². The van der Waals surface area contributed by atoms with E-state index in [4.69, 9.17) is 4.42 Å². The molecule has 5 rings (SSSR count). The molecule has 1 aromatic carbocycles. The average molecular weight is 476 g/mol. The molecule has 0 saturated heterocycles. The van der Waals surface area contributed by atoms with Crippen LogP contribution in [-0.4, -0.2) is 30.5 Å². The highest BCUT2D eigenvalue weighted by Crippen LogP contribution is 2.28. The third-order valence-electron chi connectivity index (χ3n) is 5.66. The number of benzene rings is 1. The molecule has 0 radical (unpaired) electrons. The second-order valence-corrected chi connectivity index (χ2v) is 8.48. The fraction of sp³-hybridized carbons (Fsp3) is 0.200. The average Bonchev–Trinajstić information content (AvgIpc) is 3.57. The van der Waals surface area contributed by atoms with Crippen molar-refractivity contribution in [1.29, 1.82) is 0 Å². The Morgan fingerprint density at radius 2 is 1.97 bits per heavy atom.